The Balaban J connectivity index is 2.24. The summed E-state index contributed by atoms with van der Waals surface area (Å²) in [4.78, 5) is 5.01. The third-order valence-corrected chi connectivity index (χ3v) is 4.55. The van der Waals surface area contributed by atoms with Crippen LogP contribution < -0.4 is 21.2 Å². The molecule has 9 heavy (non-hydrogen) atoms. The number of rotatable bonds is 2. The number of nitrogens with zero attached hydrogens (tertiary/aromatic N) is 1. The van der Waals surface area contributed by atoms with Gasteiger partial charge in [-0.2, -0.15) is 0 Å². The Morgan fingerprint density at radius 3 is 2.33 bits per heavy atom. The predicted molar refractivity (Wildman–Crippen MR) is 36.2 cm³/mol. The first-order valence-corrected chi connectivity index (χ1v) is 6.97. The molecule has 1 atom stereocenters. The van der Waals surface area contributed by atoms with E-state index in [2.05, 4.69) is 16.8 Å². The fourth-order valence-corrected chi connectivity index (χ4v) is 2.58. The third-order valence-electron chi connectivity index (χ3n) is 1.96. The fraction of sp³-hybridized carbons (Fsp3) is 1.00. The number of hydrogen-bond acceptors (Lipinski definition) is 1. The Kier molecular flexibility index (Phi) is 3.26. The summed E-state index contributed by atoms with van der Waals surface area (Å²) in [6.45, 7) is 5.11. The molecule has 0 saturated carbocycles. The van der Waals surface area contributed by atoms with Crippen LogP contribution in [0.1, 0.15) is 19.8 Å². The van der Waals surface area contributed by atoms with Crippen LogP contribution in [0.2, 0.25) is 0 Å². The summed E-state index contributed by atoms with van der Waals surface area (Å²) in [5.74, 6) is 0. The van der Waals surface area contributed by atoms with Crippen molar-refractivity contribution in [2.75, 3.05) is 18.0 Å². The van der Waals surface area contributed by atoms with E-state index in [1.807, 2.05) is 0 Å². The van der Waals surface area contributed by atoms with Gasteiger partial charge in [0.1, 0.15) is 0 Å². The van der Waals surface area contributed by atoms with Crippen LogP contribution >= 0.6 is 0 Å². The molecule has 1 aliphatic rings. The van der Waals surface area contributed by atoms with Gasteiger partial charge in [0.25, 0.3) is 0 Å². The van der Waals surface area contributed by atoms with Crippen LogP contribution in [0.25, 0.3) is 0 Å². The summed E-state index contributed by atoms with van der Waals surface area (Å²) in [5.41, 5.74) is 0. The predicted octanol–water partition coefficient (Wildman–Crippen LogP) is -1.85. The number of alkyl halides is 2. The first kappa shape index (κ1) is 7.79. The van der Waals surface area contributed by atoms with Gasteiger partial charge in [-0.3, -0.25) is 0 Å². The van der Waals surface area contributed by atoms with Crippen LogP contribution in [0.4, 0.5) is 0 Å². The molecule has 0 radical (unpaired) electrons. The fourth-order valence-electron chi connectivity index (χ4n) is 1.24. The Hall–Kier alpha value is 0.690. The topological polar surface area (TPSA) is 3.24 Å². The van der Waals surface area contributed by atoms with Crippen LogP contribution in [-0.2, 0) is 0 Å². The molecule has 1 heterocycles. The summed E-state index contributed by atoms with van der Waals surface area (Å²) in [6, 6.07) is 0. The first-order valence-electron chi connectivity index (χ1n) is 3.56. The Bertz CT molecular complexity index is 79.0. The molecule has 56 valence electrons. The van der Waals surface area contributed by atoms with Crippen molar-refractivity contribution in [3.8, 4) is 0 Å². The maximum atomic E-state index is 2.63. The molecule has 2 heteroatoms. The molecule has 1 aliphatic heterocycles. The molecule has 0 spiro atoms. The second kappa shape index (κ2) is 3.76. The van der Waals surface area contributed by atoms with Gasteiger partial charge in [0, 0.05) is 0 Å². The summed E-state index contributed by atoms with van der Waals surface area (Å²) in [5, 5.41) is 0. The molecule has 1 rings (SSSR count). The van der Waals surface area contributed by atoms with E-state index < -0.39 is 0 Å². The standard InChI is InChI=1S/C7H15IN/c1-7(8-2)9-5-3-4-6-9/h7H,3-6H2,1-2H3/q-1. The molecular formula is C7H15IN-. The number of halogens is 1. The quantitative estimate of drug-likeness (QED) is 0.311. The molecular weight excluding hydrogens is 225 g/mol. The van der Waals surface area contributed by atoms with Gasteiger partial charge in [-0.05, 0) is 0 Å². The molecule has 1 saturated heterocycles. The molecule has 0 aromatic heterocycles. The van der Waals surface area contributed by atoms with E-state index in [4.69, 9.17) is 0 Å². The monoisotopic (exact) mass is 240 g/mol. The van der Waals surface area contributed by atoms with Crippen molar-refractivity contribution < 1.29 is 21.2 Å². The van der Waals surface area contributed by atoms with Crippen molar-refractivity contribution in [3.05, 3.63) is 0 Å². The van der Waals surface area contributed by atoms with E-state index in [1.54, 1.807) is 0 Å². The molecule has 0 bridgehead atoms. The molecule has 0 N–H and O–H groups in total. The van der Waals surface area contributed by atoms with Crippen LogP contribution in [0, 0.1) is 0 Å². The van der Waals surface area contributed by atoms with Crippen LogP contribution in [0.15, 0.2) is 0 Å². The SMILES string of the molecule is C[I-]C(C)N1CCCC1. The molecule has 0 aliphatic carbocycles. The van der Waals surface area contributed by atoms with Gasteiger partial charge in [0.2, 0.25) is 0 Å². The summed E-state index contributed by atoms with van der Waals surface area (Å²) >= 11 is 0.458. The molecule has 1 nitrogen and oxygen atoms in total. The van der Waals surface area contributed by atoms with Gasteiger partial charge < -0.3 is 0 Å². The Labute approximate surface area is 68.1 Å². The van der Waals surface area contributed by atoms with Crippen molar-refractivity contribution in [2.45, 2.75) is 23.8 Å². The number of hydrogen-bond donors (Lipinski definition) is 0. The van der Waals surface area contributed by atoms with E-state index in [0.29, 0.717) is 21.2 Å². The molecule has 0 aromatic carbocycles. The van der Waals surface area contributed by atoms with Crippen molar-refractivity contribution in [2.24, 2.45) is 0 Å². The first-order chi connectivity index (χ1) is 4.34. The molecule has 1 fully saturated rings. The second-order valence-corrected chi connectivity index (χ2v) is 5.58. The average Bonchev–Trinajstić information content (AvgIpc) is 2.37. The normalized spacial score (nSPS) is 25.1. The molecule has 0 aromatic rings. The van der Waals surface area contributed by atoms with Gasteiger partial charge in [0.05, 0.1) is 0 Å². The van der Waals surface area contributed by atoms with Crippen molar-refractivity contribution in [1.82, 2.24) is 4.90 Å². The molecule has 1 unspecified atom stereocenters. The van der Waals surface area contributed by atoms with Crippen molar-refractivity contribution in [1.29, 1.82) is 0 Å². The molecule has 0 amide bonds. The third kappa shape index (κ3) is 2.08. The minimum atomic E-state index is 0.458. The maximum absolute atomic E-state index is 2.63. The van der Waals surface area contributed by atoms with E-state index >= 15 is 0 Å². The van der Waals surface area contributed by atoms with Gasteiger partial charge >= 0.3 is 67.9 Å². The van der Waals surface area contributed by atoms with Gasteiger partial charge in [-0.15, -0.1) is 0 Å². The summed E-state index contributed by atoms with van der Waals surface area (Å²) in [7, 11) is 0. The Morgan fingerprint density at radius 2 is 1.89 bits per heavy atom. The van der Waals surface area contributed by atoms with Crippen LogP contribution in [-0.4, -0.2) is 27.0 Å². The van der Waals surface area contributed by atoms with Crippen molar-refractivity contribution >= 4 is 0 Å². The van der Waals surface area contributed by atoms with Crippen molar-refractivity contribution in [3.63, 3.8) is 0 Å². The van der Waals surface area contributed by atoms with E-state index in [-0.39, 0.29) is 0 Å². The van der Waals surface area contributed by atoms with Gasteiger partial charge in [-0.1, -0.05) is 0 Å². The summed E-state index contributed by atoms with van der Waals surface area (Å²) in [6.07, 6.45) is 2.88. The van der Waals surface area contributed by atoms with Gasteiger partial charge in [-0.25, -0.2) is 0 Å². The minimum absolute atomic E-state index is 0.458. The Morgan fingerprint density at radius 1 is 1.33 bits per heavy atom. The van der Waals surface area contributed by atoms with Gasteiger partial charge in [0.15, 0.2) is 0 Å². The van der Waals surface area contributed by atoms with E-state index in [9.17, 15) is 0 Å². The van der Waals surface area contributed by atoms with E-state index in [1.165, 1.54) is 25.9 Å². The van der Waals surface area contributed by atoms with Crippen LogP contribution in [0.5, 0.6) is 0 Å². The van der Waals surface area contributed by atoms with Crippen LogP contribution in [0.3, 0.4) is 0 Å². The summed E-state index contributed by atoms with van der Waals surface area (Å²) < 4.78 is 0.936. The average molecular weight is 240 g/mol. The second-order valence-electron chi connectivity index (χ2n) is 2.54. The number of likely N-dealkylation sites (tertiary alicyclic amines) is 1. The zero-order chi connectivity index (χ0) is 6.69. The zero-order valence-electron chi connectivity index (χ0n) is 6.23. The zero-order valence-corrected chi connectivity index (χ0v) is 8.39. The van der Waals surface area contributed by atoms with E-state index in [0.717, 1.165) is 4.05 Å².